The summed E-state index contributed by atoms with van der Waals surface area (Å²) in [6.07, 6.45) is -2.83. The number of rotatable bonds is 13. The Balaban J connectivity index is 1.42. The van der Waals surface area contributed by atoms with E-state index in [2.05, 4.69) is 11.1 Å². The lowest BCUT2D eigenvalue weighted by Gasteiger charge is -2.33. The summed E-state index contributed by atoms with van der Waals surface area (Å²) in [5.74, 6) is 0.209. The van der Waals surface area contributed by atoms with Crippen LogP contribution >= 0.6 is 7.82 Å². The lowest BCUT2D eigenvalue weighted by molar-refractivity contribution is -0.139. The van der Waals surface area contributed by atoms with Crippen molar-refractivity contribution in [2.75, 3.05) is 19.8 Å². The molecule has 0 radical (unpaired) electrons. The number of nitrogens with zero attached hydrogens (tertiary/aromatic N) is 1. The van der Waals surface area contributed by atoms with Gasteiger partial charge in [0.2, 0.25) is 0 Å². The molecule has 46 heavy (non-hydrogen) atoms. The summed E-state index contributed by atoms with van der Waals surface area (Å²) in [4.78, 5) is 4.60. The van der Waals surface area contributed by atoms with Crippen molar-refractivity contribution in [2.45, 2.75) is 97.1 Å². The van der Waals surface area contributed by atoms with Gasteiger partial charge >= 0.3 is 14.0 Å². The van der Waals surface area contributed by atoms with Gasteiger partial charge in [0.25, 0.3) is 0 Å². The maximum Gasteiger partial charge on any atom is 0.475 e. The molecule has 1 heterocycles. The van der Waals surface area contributed by atoms with Crippen LogP contribution in [-0.2, 0) is 41.9 Å². The first-order valence-corrected chi connectivity index (χ1v) is 17.0. The normalized spacial score (nSPS) is 17.7. The molecule has 1 aliphatic heterocycles. The number of hydrogen-bond acceptors (Lipinski definition) is 7. The molecular weight excluding hydrogens is 618 g/mol. The van der Waals surface area contributed by atoms with Crippen LogP contribution in [0.2, 0.25) is 0 Å². The van der Waals surface area contributed by atoms with E-state index in [0.717, 1.165) is 22.4 Å². The zero-order chi connectivity index (χ0) is 33.8. The standard InChI is InChI=1S/C35H45F3NO6P/c1-25-39-34(23-42-25,24-43-46(40,44-32(2,3)4)45-33(5,6)7)19-18-27-15-17-31(30(22-27)35(36,37)38)41-20-10-11-26-14-16-28-12-8-9-13-29(28)21-26/h8-9,12-17,21-22H,10-11,18-20,23-24H2,1-7H3. The number of aryl methyl sites for hydroxylation is 2. The Kier molecular flexibility index (Phi) is 11.0. The average Bonchev–Trinajstić information content (AvgIpc) is 3.31. The van der Waals surface area contributed by atoms with Gasteiger partial charge in [-0.1, -0.05) is 48.5 Å². The predicted octanol–water partition coefficient (Wildman–Crippen LogP) is 9.75. The molecule has 252 valence electrons. The Morgan fingerprint density at radius 2 is 1.50 bits per heavy atom. The number of phosphoric acid groups is 1. The van der Waals surface area contributed by atoms with Crippen molar-refractivity contribution in [1.29, 1.82) is 0 Å². The minimum absolute atomic E-state index is 0.119. The summed E-state index contributed by atoms with van der Waals surface area (Å²) in [6, 6.07) is 18.3. The molecule has 1 atom stereocenters. The number of hydrogen-bond donors (Lipinski definition) is 0. The summed E-state index contributed by atoms with van der Waals surface area (Å²) < 4.78 is 84.6. The smallest absolute Gasteiger partial charge is 0.475 e. The van der Waals surface area contributed by atoms with Gasteiger partial charge in [-0.3, -0.25) is 13.6 Å². The van der Waals surface area contributed by atoms with Gasteiger partial charge in [-0.15, -0.1) is 0 Å². The summed E-state index contributed by atoms with van der Waals surface area (Å²) in [7, 11) is -4.04. The first-order valence-electron chi connectivity index (χ1n) is 15.5. The van der Waals surface area contributed by atoms with Crippen molar-refractivity contribution < 1.29 is 40.8 Å². The number of aliphatic imine (C=N–C) groups is 1. The minimum atomic E-state index is -4.60. The lowest BCUT2D eigenvalue weighted by atomic mass is 9.93. The molecule has 3 aromatic rings. The van der Waals surface area contributed by atoms with Crippen LogP contribution in [0.3, 0.4) is 0 Å². The molecule has 0 amide bonds. The molecule has 0 saturated heterocycles. The molecule has 0 aliphatic carbocycles. The van der Waals surface area contributed by atoms with Crippen molar-refractivity contribution in [3.63, 3.8) is 0 Å². The molecule has 0 aromatic heterocycles. The van der Waals surface area contributed by atoms with E-state index in [1.54, 1.807) is 54.5 Å². The second-order valence-electron chi connectivity index (χ2n) is 13.7. The molecule has 0 fully saturated rings. The largest absolute Gasteiger partial charge is 0.493 e. The van der Waals surface area contributed by atoms with Gasteiger partial charge in [0, 0.05) is 6.92 Å². The highest BCUT2D eigenvalue weighted by atomic mass is 31.2. The summed E-state index contributed by atoms with van der Waals surface area (Å²) in [5.41, 5.74) is -1.91. The molecule has 11 heteroatoms. The number of benzene rings is 3. The molecule has 0 saturated carbocycles. The second-order valence-corrected chi connectivity index (χ2v) is 15.3. The van der Waals surface area contributed by atoms with Gasteiger partial charge in [0.1, 0.15) is 17.9 Å². The zero-order valence-corrected chi connectivity index (χ0v) is 28.6. The van der Waals surface area contributed by atoms with Crippen LogP contribution in [0.4, 0.5) is 13.2 Å². The summed E-state index contributed by atoms with van der Waals surface area (Å²) in [6.45, 7) is 12.2. The van der Waals surface area contributed by atoms with E-state index >= 15 is 0 Å². The lowest BCUT2D eigenvalue weighted by Crippen LogP contribution is -2.36. The fourth-order valence-corrected chi connectivity index (χ4v) is 7.05. The minimum Gasteiger partial charge on any atom is -0.493 e. The highest BCUT2D eigenvalue weighted by molar-refractivity contribution is 7.48. The van der Waals surface area contributed by atoms with E-state index < -0.39 is 36.3 Å². The van der Waals surface area contributed by atoms with Crippen molar-refractivity contribution in [2.24, 2.45) is 4.99 Å². The Morgan fingerprint density at radius 3 is 2.11 bits per heavy atom. The van der Waals surface area contributed by atoms with Crippen LogP contribution in [-0.4, -0.2) is 42.5 Å². The third-order valence-corrected chi connectivity index (χ3v) is 9.10. The zero-order valence-electron chi connectivity index (χ0n) is 27.7. The summed E-state index contributed by atoms with van der Waals surface area (Å²) in [5, 5.41) is 2.27. The van der Waals surface area contributed by atoms with Crippen LogP contribution in [0.25, 0.3) is 10.8 Å². The Morgan fingerprint density at radius 1 is 0.870 bits per heavy atom. The topological polar surface area (TPSA) is 75.6 Å². The van der Waals surface area contributed by atoms with Crippen molar-refractivity contribution in [1.82, 2.24) is 0 Å². The highest BCUT2D eigenvalue weighted by Gasteiger charge is 2.43. The Labute approximate surface area is 270 Å². The maximum absolute atomic E-state index is 14.1. The average molecular weight is 664 g/mol. The van der Waals surface area contributed by atoms with Crippen LogP contribution in [0, 0.1) is 0 Å². The molecule has 3 aromatic carbocycles. The van der Waals surface area contributed by atoms with E-state index in [0.29, 0.717) is 24.3 Å². The number of halogens is 3. The van der Waals surface area contributed by atoms with Gasteiger partial charge < -0.3 is 9.47 Å². The SMILES string of the molecule is CC1=NC(CCc2ccc(OCCCc3ccc4ccccc4c3)c(C(F)(F)F)c2)(COP(=O)(OC(C)(C)C)OC(C)(C)C)CO1. The maximum atomic E-state index is 14.1. The molecule has 0 bridgehead atoms. The monoisotopic (exact) mass is 663 g/mol. The molecule has 7 nitrogen and oxygen atoms in total. The first-order chi connectivity index (χ1) is 21.3. The molecule has 0 N–H and O–H groups in total. The van der Waals surface area contributed by atoms with Gasteiger partial charge in [-0.2, -0.15) is 13.2 Å². The highest BCUT2D eigenvalue weighted by Crippen LogP contribution is 2.56. The van der Waals surface area contributed by atoms with Crippen LogP contribution in [0.5, 0.6) is 5.75 Å². The van der Waals surface area contributed by atoms with Crippen LogP contribution in [0.1, 0.15) is 78.0 Å². The molecule has 1 aliphatic rings. The van der Waals surface area contributed by atoms with E-state index in [1.165, 1.54) is 6.07 Å². The molecule has 0 spiro atoms. The van der Waals surface area contributed by atoms with Crippen LogP contribution in [0.15, 0.2) is 65.7 Å². The van der Waals surface area contributed by atoms with E-state index in [-0.39, 0.29) is 38.4 Å². The molecule has 1 unspecified atom stereocenters. The fourth-order valence-electron chi connectivity index (χ4n) is 5.16. The predicted molar refractivity (Wildman–Crippen MR) is 175 cm³/mol. The summed E-state index contributed by atoms with van der Waals surface area (Å²) >= 11 is 0. The van der Waals surface area contributed by atoms with Crippen molar-refractivity contribution in [3.8, 4) is 5.75 Å². The third-order valence-electron chi connectivity index (χ3n) is 7.12. The van der Waals surface area contributed by atoms with Gasteiger partial charge in [0.15, 0.2) is 5.90 Å². The van der Waals surface area contributed by atoms with Gasteiger partial charge in [0.05, 0.1) is 30.0 Å². The Bertz CT molecular complexity index is 1560. The van der Waals surface area contributed by atoms with Gasteiger partial charge in [-0.05, 0) is 101 Å². The molecular formula is C35H45F3NO6P. The Hall–Kier alpha value is -2.91. The van der Waals surface area contributed by atoms with E-state index in [4.69, 9.17) is 23.0 Å². The fraction of sp³-hybridized carbons (Fsp3) is 0.514. The number of phosphoric ester groups is 1. The van der Waals surface area contributed by atoms with Crippen molar-refractivity contribution >= 4 is 24.5 Å². The van der Waals surface area contributed by atoms with Crippen molar-refractivity contribution in [3.05, 3.63) is 77.4 Å². The number of fused-ring (bicyclic) bond motifs is 1. The first kappa shape index (κ1) is 35.9. The van der Waals surface area contributed by atoms with E-state index in [9.17, 15) is 17.7 Å². The number of ether oxygens (including phenoxy) is 2. The molecule has 4 rings (SSSR count). The van der Waals surface area contributed by atoms with Crippen LogP contribution < -0.4 is 4.74 Å². The quantitative estimate of drug-likeness (QED) is 0.134. The number of alkyl halides is 3. The second kappa shape index (κ2) is 14.1. The third kappa shape index (κ3) is 10.6. The van der Waals surface area contributed by atoms with Gasteiger partial charge in [-0.25, -0.2) is 9.56 Å². The van der Waals surface area contributed by atoms with E-state index in [1.807, 2.05) is 36.4 Å².